The van der Waals surface area contributed by atoms with Gasteiger partial charge >= 0.3 is 0 Å². The van der Waals surface area contributed by atoms with Crippen LogP contribution in [0.25, 0.3) is 0 Å². The first-order chi connectivity index (χ1) is 3.27. The Morgan fingerprint density at radius 2 is 2.43 bits per heavy atom. The monoisotopic (exact) mass is 99.1 g/mol. The minimum Gasteiger partial charge on any atom is -0.292 e. The third-order valence-electron chi connectivity index (χ3n) is 0.442. The maximum absolute atomic E-state index is 7.94. The minimum absolute atomic E-state index is 0.904. The van der Waals surface area contributed by atoms with Crippen LogP contribution in [-0.2, 0) is 0 Å². The highest BCUT2D eigenvalue weighted by atomic mass is 16.5. The molecule has 0 unspecified atom stereocenters. The number of hydrogen-bond acceptors (Lipinski definition) is 2. The van der Waals surface area contributed by atoms with Crippen LogP contribution in [0.1, 0.15) is 6.92 Å². The molecule has 0 fully saturated rings. The summed E-state index contributed by atoms with van der Waals surface area (Å²) < 4.78 is 0. The fourth-order valence-electron chi connectivity index (χ4n) is 0.180. The van der Waals surface area contributed by atoms with Gasteiger partial charge in [-0.25, -0.2) is 0 Å². The van der Waals surface area contributed by atoms with E-state index in [1.165, 1.54) is 6.20 Å². The van der Waals surface area contributed by atoms with E-state index in [4.69, 9.17) is 5.21 Å². The summed E-state index contributed by atoms with van der Waals surface area (Å²) in [5, 5.41) is 7.94. The molecule has 0 aromatic heterocycles. The lowest BCUT2D eigenvalue weighted by atomic mass is 10.3. The number of hydroxylamine groups is 1. The first kappa shape index (κ1) is 6.24. The first-order valence-corrected chi connectivity index (χ1v) is 1.99. The van der Waals surface area contributed by atoms with Gasteiger partial charge in [0.15, 0.2) is 0 Å². The molecular formula is C5H9NO. The van der Waals surface area contributed by atoms with Crippen molar-refractivity contribution in [3.8, 4) is 0 Å². The highest BCUT2D eigenvalue weighted by Crippen LogP contribution is 1.84. The third kappa shape index (κ3) is 5.24. The second kappa shape index (κ2) is 3.43. The number of nitrogens with one attached hydrogen (secondary N) is 1. The zero-order valence-electron chi connectivity index (χ0n) is 4.31. The second-order valence-electron chi connectivity index (χ2n) is 1.31. The highest BCUT2D eigenvalue weighted by Gasteiger charge is 1.67. The quantitative estimate of drug-likeness (QED) is 0.400. The smallest absolute Gasteiger partial charge is 0.0242 e. The van der Waals surface area contributed by atoms with E-state index >= 15 is 0 Å². The molecular weight excluding hydrogens is 90.1 g/mol. The topological polar surface area (TPSA) is 32.3 Å². The molecule has 2 heteroatoms. The predicted molar refractivity (Wildman–Crippen MR) is 28.9 cm³/mol. The van der Waals surface area contributed by atoms with Gasteiger partial charge in [0, 0.05) is 6.20 Å². The molecule has 0 atom stereocenters. The summed E-state index contributed by atoms with van der Waals surface area (Å²) in [5.41, 5.74) is 2.76. The zero-order valence-corrected chi connectivity index (χ0v) is 4.31. The van der Waals surface area contributed by atoms with Crippen LogP contribution in [0.3, 0.4) is 0 Å². The molecule has 0 saturated carbocycles. The summed E-state index contributed by atoms with van der Waals surface area (Å²) in [7, 11) is 0. The van der Waals surface area contributed by atoms with Crippen molar-refractivity contribution in [2.45, 2.75) is 6.92 Å². The SMILES string of the molecule is C=C(C)/C=C/NO. The predicted octanol–water partition coefficient (Wildman–Crippen LogP) is 1.05. The molecule has 0 spiro atoms. The summed E-state index contributed by atoms with van der Waals surface area (Å²) in [6, 6.07) is 0. The van der Waals surface area contributed by atoms with Gasteiger partial charge < -0.3 is 0 Å². The lowest BCUT2D eigenvalue weighted by Crippen LogP contribution is -1.91. The molecule has 0 aliphatic heterocycles. The van der Waals surface area contributed by atoms with E-state index < -0.39 is 0 Å². The maximum atomic E-state index is 7.94. The summed E-state index contributed by atoms with van der Waals surface area (Å²) in [5.74, 6) is 0. The molecule has 2 N–H and O–H groups in total. The van der Waals surface area contributed by atoms with Gasteiger partial charge in [0.2, 0.25) is 0 Å². The summed E-state index contributed by atoms with van der Waals surface area (Å²) in [6.07, 6.45) is 3.07. The van der Waals surface area contributed by atoms with E-state index in [2.05, 4.69) is 6.58 Å². The van der Waals surface area contributed by atoms with Gasteiger partial charge in [-0.15, -0.1) is 0 Å². The van der Waals surface area contributed by atoms with Crippen molar-refractivity contribution >= 4 is 0 Å². The van der Waals surface area contributed by atoms with E-state index in [-0.39, 0.29) is 0 Å². The van der Waals surface area contributed by atoms with Crippen LogP contribution in [0, 0.1) is 0 Å². The van der Waals surface area contributed by atoms with Crippen molar-refractivity contribution in [2.75, 3.05) is 0 Å². The molecule has 2 nitrogen and oxygen atoms in total. The molecule has 0 aromatic carbocycles. The Kier molecular flexibility index (Phi) is 3.06. The Morgan fingerprint density at radius 3 is 2.57 bits per heavy atom. The summed E-state index contributed by atoms with van der Waals surface area (Å²) in [4.78, 5) is 0. The lowest BCUT2D eigenvalue weighted by Gasteiger charge is -1.82. The maximum Gasteiger partial charge on any atom is 0.0242 e. The Bertz CT molecular complexity index is 86.1. The van der Waals surface area contributed by atoms with Crippen LogP contribution < -0.4 is 5.48 Å². The lowest BCUT2D eigenvalue weighted by molar-refractivity contribution is 0.214. The molecule has 0 radical (unpaired) electrons. The largest absolute Gasteiger partial charge is 0.292 e. The van der Waals surface area contributed by atoms with Crippen LogP contribution in [0.4, 0.5) is 0 Å². The van der Waals surface area contributed by atoms with Crippen molar-refractivity contribution in [1.82, 2.24) is 5.48 Å². The average Bonchev–Trinajstić information content (AvgIpc) is 1.61. The van der Waals surface area contributed by atoms with Crippen molar-refractivity contribution in [3.63, 3.8) is 0 Å². The summed E-state index contributed by atoms with van der Waals surface area (Å²) >= 11 is 0. The Hall–Kier alpha value is -0.760. The molecule has 0 amide bonds. The highest BCUT2D eigenvalue weighted by molar-refractivity contribution is 5.09. The molecule has 0 bridgehead atoms. The Labute approximate surface area is 43.1 Å². The number of allylic oxidation sites excluding steroid dienone is 2. The molecule has 0 aliphatic rings. The first-order valence-electron chi connectivity index (χ1n) is 1.99. The van der Waals surface area contributed by atoms with Gasteiger partial charge in [0.25, 0.3) is 0 Å². The van der Waals surface area contributed by atoms with Crippen LogP contribution in [0.15, 0.2) is 24.4 Å². The molecule has 0 aromatic rings. The van der Waals surface area contributed by atoms with E-state index in [0.717, 1.165) is 5.57 Å². The van der Waals surface area contributed by atoms with Crippen LogP contribution >= 0.6 is 0 Å². The molecule has 40 valence electrons. The summed E-state index contributed by atoms with van der Waals surface area (Å²) in [6.45, 7) is 5.40. The molecule has 0 heterocycles. The van der Waals surface area contributed by atoms with Gasteiger partial charge in [0.1, 0.15) is 0 Å². The van der Waals surface area contributed by atoms with Crippen LogP contribution in [0.5, 0.6) is 0 Å². The fraction of sp³-hybridized carbons (Fsp3) is 0.200. The van der Waals surface area contributed by atoms with Gasteiger partial charge in [-0.2, -0.15) is 0 Å². The van der Waals surface area contributed by atoms with E-state index in [0.29, 0.717) is 0 Å². The number of rotatable bonds is 2. The standard InChI is InChI=1S/C5H9NO/c1-5(2)3-4-6-7/h3-4,6-7H,1H2,2H3/b4-3+. The van der Waals surface area contributed by atoms with E-state index in [1.54, 1.807) is 6.08 Å². The zero-order chi connectivity index (χ0) is 5.70. The Morgan fingerprint density at radius 1 is 1.86 bits per heavy atom. The Balaban J connectivity index is 3.26. The van der Waals surface area contributed by atoms with Crippen molar-refractivity contribution in [3.05, 3.63) is 24.4 Å². The molecule has 0 rings (SSSR count). The van der Waals surface area contributed by atoms with E-state index in [9.17, 15) is 0 Å². The van der Waals surface area contributed by atoms with Gasteiger partial charge in [-0.3, -0.25) is 10.7 Å². The number of hydrogen-bond donors (Lipinski definition) is 2. The van der Waals surface area contributed by atoms with E-state index in [1.807, 2.05) is 12.4 Å². The van der Waals surface area contributed by atoms with Crippen molar-refractivity contribution in [1.29, 1.82) is 0 Å². The second-order valence-corrected chi connectivity index (χ2v) is 1.31. The molecule has 0 aliphatic carbocycles. The minimum atomic E-state index is 0.904. The molecule has 0 saturated heterocycles. The van der Waals surface area contributed by atoms with Crippen molar-refractivity contribution < 1.29 is 5.21 Å². The van der Waals surface area contributed by atoms with Gasteiger partial charge in [0.05, 0.1) is 0 Å². The normalized spacial score (nSPS) is 9.43. The van der Waals surface area contributed by atoms with Crippen LogP contribution in [0.2, 0.25) is 0 Å². The third-order valence-corrected chi connectivity index (χ3v) is 0.442. The van der Waals surface area contributed by atoms with Crippen LogP contribution in [-0.4, -0.2) is 5.21 Å². The fourth-order valence-corrected chi connectivity index (χ4v) is 0.180. The van der Waals surface area contributed by atoms with Crippen molar-refractivity contribution in [2.24, 2.45) is 0 Å². The van der Waals surface area contributed by atoms with Gasteiger partial charge in [-0.05, 0) is 13.0 Å². The average molecular weight is 99.1 g/mol. The van der Waals surface area contributed by atoms with Gasteiger partial charge in [-0.1, -0.05) is 12.2 Å². The molecule has 7 heavy (non-hydrogen) atoms.